The molecule has 0 atom stereocenters. The Labute approximate surface area is 214 Å². The van der Waals surface area contributed by atoms with E-state index < -0.39 is 0 Å². The molecule has 0 bridgehead atoms. The number of nitrogens with one attached hydrogen (secondary N) is 1. The first-order valence-corrected chi connectivity index (χ1v) is 12.4. The third kappa shape index (κ3) is 7.40. The van der Waals surface area contributed by atoms with Crippen molar-refractivity contribution in [3.05, 3.63) is 65.5 Å². The molecule has 0 spiro atoms. The van der Waals surface area contributed by atoms with Gasteiger partial charge in [-0.15, -0.1) is 16.8 Å². The van der Waals surface area contributed by atoms with Gasteiger partial charge in [-0.2, -0.15) is 0 Å². The summed E-state index contributed by atoms with van der Waals surface area (Å²) in [6.45, 7) is 6.89. The van der Waals surface area contributed by atoms with Crippen molar-refractivity contribution in [3.8, 4) is 17.2 Å². The summed E-state index contributed by atoms with van der Waals surface area (Å²) in [5.41, 5.74) is 1.57. The Kier molecular flexibility index (Phi) is 9.86. The highest BCUT2D eigenvalue weighted by Crippen LogP contribution is 2.29. The molecule has 2 aromatic carbocycles. The lowest BCUT2D eigenvalue weighted by atomic mass is 10.2. The van der Waals surface area contributed by atoms with E-state index in [1.807, 2.05) is 29.7 Å². The number of nitrogens with zero attached hydrogens (tertiary/aromatic N) is 3. The zero-order chi connectivity index (χ0) is 25.2. The molecule has 0 unspecified atom stereocenters. The summed E-state index contributed by atoms with van der Waals surface area (Å²) >= 11 is 7.32. The van der Waals surface area contributed by atoms with Crippen LogP contribution >= 0.6 is 23.4 Å². The van der Waals surface area contributed by atoms with E-state index in [2.05, 4.69) is 22.1 Å². The van der Waals surface area contributed by atoms with Gasteiger partial charge in [-0.1, -0.05) is 29.4 Å². The monoisotopic (exact) mass is 516 g/mol. The molecule has 0 aliphatic heterocycles. The van der Waals surface area contributed by atoms with Crippen LogP contribution in [0.25, 0.3) is 0 Å². The Balaban J connectivity index is 1.55. The van der Waals surface area contributed by atoms with E-state index in [0.29, 0.717) is 46.9 Å². The SMILES string of the molecule is C=CCn1c(CCCOc2ccc(Cl)cc2C)nnc1SCC(=O)Nc1ccc(OC)cc1OC. The summed E-state index contributed by atoms with van der Waals surface area (Å²) in [4.78, 5) is 12.6. The summed E-state index contributed by atoms with van der Waals surface area (Å²) in [7, 11) is 3.12. The van der Waals surface area contributed by atoms with Crippen molar-refractivity contribution in [3.63, 3.8) is 0 Å². The molecule has 1 amide bonds. The normalized spacial score (nSPS) is 10.6. The molecule has 186 valence electrons. The van der Waals surface area contributed by atoms with Gasteiger partial charge >= 0.3 is 0 Å². The minimum absolute atomic E-state index is 0.170. The number of thioether (sulfide) groups is 1. The van der Waals surface area contributed by atoms with Crippen LogP contribution in [0.1, 0.15) is 17.8 Å². The molecule has 10 heteroatoms. The zero-order valence-corrected chi connectivity index (χ0v) is 21.6. The van der Waals surface area contributed by atoms with Crippen molar-refractivity contribution in [1.82, 2.24) is 14.8 Å². The fourth-order valence-corrected chi connectivity index (χ4v) is 4.32. The van der Waals surface area contributed by atoms with E-state index in [0.717, 1.165) is 23.6 Å². The number of methoxy groups -OCH3 is 2. The highest BCUT2D eigenvalue weighted by molar-refractivity contribution is 7.99. The smallest absolute Gasteiger partial charge is 0.234 e. The highest BCUT2D eigenvalue weighted by atomic mass is 35.5. The Bertz CT molecular complexity index is 1170. The number of hydrogen-bond donors (Lipinski definition) is 1. The van der Waals surface area contributed by atoms with Crippen LogP contribution in [-0.4, -0.2) is 47.3 Å². The van der Waals surface area contributed by atoms with E-state index in [1.54, 1.807) is 38.5 Å². The first kappa shape index (κ1) is 26.4. The number of rotatable bonds is 13. The molecule has 0 saturated heterocycles. The van der Waals surface area contributed by atoms with Crippen molar-refractivity contribution >= 4 is 35.0 Å². The van der Waals surface area contributed by atoms with Gasteiger partial charge in [0, 0.05) is 24.1 Å². The number of hydrogen-bond acceptors (Lipinski definition) is 7. The standard InChI is InChI=1S/C25H29ClN4O4S/c1-5-12-30-23(7-6-13-34-21-11-8-18(26)14-17(21)2)28-29-25(30)35-16-24(31)27-20-10-9-19(32-3)15-22(20)33-4/h5,8-11,14-15H,1,6-7,12-13,16H2,2-4H3,(H,27,31). The Morgan fingerprint density at radius 2 is 2.00 bits per heavy atom. The van der Waals surface area contributed by atoms with Crippen LogP contribution in [0.5, 0.6) is 17.2 Å². The molecule has 1 aromatic heterocycles. The van der Waals surface area contributed by atoms with Gasteiger partial charge in [0.1, 0.15) is 23.1 Å². The number of amides is 1. The largest absolute Gasteiger partial charge is 0.497 e. The van der Waals surface area contributed by atoms with Gasteiger partial charge in [0.05, 0.1) is 32.3 Å². The number of anilines is 1. The predicted octanol–water partition coefficient (Wildman–Crippen LogP) is 5.19. The number of ether oxygens (including phenoxy) is 3. The molecule has 0 aliphatic carbocycles. The second kappa shape index (κ2) is 13.1. The Hall–Kier alpha value is -3.17. The summed E-state index contributed by atoms with van der Waals surface area (Å²) in [6.07, 6.45) is 3.23. The van der Waals surface area contributed by atoms with Crippen LogP contribution in [0, 0.1) is 6.92 Å². The fourth-order valence-electron chi connectivity index (χ4n) is 3.33. The average molecular weight is 517 g/mol. The van der Waals surface area contributed by atoms with Crippen molar-refractivity contribution < 1.29 is 19.0 Å². The summed E-state index contributed by atoms with van der Waals surface area (Å²) in [5.74, 6) is 2.80. The van der Waals surface area contributed by atoms with Gasteiger partial charge in [-0.05, 0) is 49.2 Å². The molecule has 1 heterocycles. The Morgan fingerprint density at radius 3 is 2.71 bits per heavy atom. The quantitative estimate of drug-likeness (QED) is 0.190. The lowest BCUT2D eigenvalue weighted by Gasteiger charge is -2.12. The van der Waals surface area contributed by atoms with Gasteiger partial charge in [-0.3, -0.25) is 4.79 Å². The molecule has 0 aliphatic rings. The van der Waals surface area contributed by atoms with Gasteiger partial charge < -0.3 is 24.1 Å². The van der Waals surface area contributed by atoms with E-state index in [4.69, 9.17) is 25.8 Å². The van der Waals surface area contributed by atoms with Gasteiger partial charge in [-0.25, -0.2) is 0 Å². The third-order valence-corrected chi connectivity index (χ3v) is 6.26. The number of aryl methyl sites for hydroxylation is 2. The molecule has 0 radical (unpaired) electrons. The lowest BCUT2D eigenvalue weighted by molar-refractivity contribution is -0.113. The van der Waals surface area contributed by atoms with Crippen molar-refractivity contribution in [2.45, 2.75) is 31.5 Å². The van der Waals surface area contributed by atoms with Crippen LogP contribution in [0.2, 0.25) is 5.02 Å². The van der Waals surface area contributed by atoms with Crippen LogP contribution in [0.3, 0.4) is 0 Å². The van der Waals surface area contributed by atoms with Crippen LogP contribution in [0.4, 0.5) is 5.69 Å². The number of allylic oxidation sites excluding steroid dienone is 1. The lowest BCUT2D eigenvalue weighted by Crippen LogP contribution is -2.15. The molecule has 3 aromatic rings. The number of benzene rings is 2. The van der Waals surface area contributed by atoms with Crippen molar-refractivity contribution in [2.24, 2.45) is 0 Å². The molecular weight excluding hydrogens is 488 g/mol. The van der Waals surface area contributed by atoms with E-state index >= 15 is 0 Å². The molecule has 35 heavy (non-hydrogen) atoms. The zero-order valence-electron chi connectivity index (χ0n) is 20.0. The average Bonchev–Trinajstić information content (AvgIpc) is 3.23. The summed E-state index contributed by atoms with van der Waals surface area (Å²) < 4.78 is 18.4. The maximum Gasteiger partial charge on any atom is 0.234 e. The second-order valence-corrected chi connectivity index (χ2v) is 8.94. The number of carbonyl (C=O) groups is 1. The molecule has 0 saturated carbocycles. The first-order chi connectivity index (χ1) is 16.9. The number of aromatic nitrogens is 3. The molecule has 0 fully saturated rings. The van der Waals surface area contributed by atoms with E-state index in [9.17, 15) is 4.79 Å². The van der Waals surface area contributed by atoms with Crippen molar-refractivity contribution in [1.29, 1.82) is 0 Å². The number of carbonyl (C=O) groups excluding carboxylic acids is 1. The highest BCUT2D eigenvalue weighted by Gasteiger charge is 2.15. The van der Waals surface area contributed by atoms with E-state index in [-0.39, 0.29) is 11.7 Å². The van der Waals surface area contributed by atoms with Crippen LogP contribution in [-0.2, 0) is 17.8 Å². The summed E-state index contributed by atoms with van der Waals surface area (Å²) in [6, 6.07) is 10.8. The van der Waals surface area contributed by atoms with Crippen LogP contribution < -0.4 is 19.5 Å². The van der Waals surface area contributed by atoms with Crippen molar-refractivity contribution in [2.75, 3.05) is 31.9 Å². The van der Waals surface area contributed by atoms with Crippen LogP contribution in [0.15, 0.2) is 54.2 Å². The maximum absolute atomic E-state index is 12.6. The second-order valence-electron chi connectivity index (χ2n) is 7.56. The maximum atomic E-state index is 12.6. The fraction of sp³-hybridized carbons (Fsp3) is 0.320. The number of halogens is 1. The molecule has 1 N–H and O–H groups in total. The molecular formula is C25H29ClN4O4S. The topological polar surface area (TPSA) is 87.5 Å². The minimum atomic E-state index is -0.181. The van der Waals surface area contributed by atoms with Gasteiger partial charge in [0.2, 0.25) is 5.91 Å². The Morgan fingerprint density at radius 1 is 1.17 bits per heavy atom. The van der Waals surface area contributed by atoms with Gasteiger partial charge in [0.15, 0.2) is 5.16 Å². The third-order valence-electron chi connectivity index (χ3n) is 5.06. The van der Waals surface area contributed by atoms with Gasteiger partial charge in [0.25, 0.3) is 0 Å². The first-order valence-electron chi connectivity index (χ1n) is 11.0. The van der Waals surface area contributed by atoms with E-state index in [1.165, 1.54) is 11.8 Å². The molecule has 8 nitrogen and oxygen atoms in total. The predicted molar refractivity (Wildman–Crippen MR) is 139 cm³/mol. The molecule has 3 rings (SSSR count). The summed E-state index contributed by atoms with van der Waals surface area (Å²) in [5, 5.41) is 12.8. The minimum Gasteiger partial charge on any atom is -0.497 e.